The van der Waals surface area contributed by atoms with Crippen molar-refractivity contribution in [1.82, 2.24) is 0 Å². The molecule has 0 radical (unpaired) electrons. The molecule has 0 aliphatic carbocycles. The second-order valence-corrected chi connectivity index (χ2v) is 6.02. The third kappa shape index (κ3) is 14.7. The lowest BCUT2D eigenvalue weighted by Gasteiger charge is -2.28. The molecular formula is C17H24F6O2. The summed E-state index contributed by atoms with van der Waals surface area (Å²) in [4.78, 5) is 0. The van der Waals surface area contributed by atoms with Gasteiger partial charge in [-0.2, -0.15) is 26.3 Å². The minimum Gasteiger partial charge on any atom is -0.337 e. The van der Waals surface area contributed by atoms with Crippen LogP contribution in [0.4, 0.5) is 26.3 Å². The van der Waals surface area contributed by atoms with Gasteiger partial charge in [0.1, 0.15) is 13.2 Å². The first-order valence-electron chi connectivity index (χ1n) is 7.62. The molecule has 0 N–H and O–H groups in total. The van der Waals surface area contributed by atoms with Crippen molar-refractivity contribution in [3.8, 4) is 0 Å². The molecule has 25 heavy (non-hydrogen) atoms. The summed E-state index contributed by atoms with van der Waals surface area (Å²) in [6.45, 7) is 3.31. The van der Waals surface area contributed by atoms with E-state index in [4.69, 9.17) is 0 Å². The minimum atomic E-state index is -4.67. The second-order valence-electron chi connectivity index (χ2n) is 6.02. The van der Waals surface area contributed by atoms with Gasteiger partial charge in [0.25, 0.3) is 0 Å². The van der Waals surface area contributed by atoms with Gasteiger partial charge >= 0.3 is 12.4 Å². The zero-order valence-corrected chi connectivity index (χ0v) is 14.7. The minimum absolute atomic E-state index is 0.721. The number of allylic oxidation sites excluding steroid dienone is 5. The van der Waals surface area contributed by atoms with Crippen LogP contribution < -0.4 is 0 Å². The molecule has 146 valence electrons. The number of halogens is 6. The van der Waals surface area contributed by atoms with Gasteiger partial charge in [-0.25, -0.2) is 0 Å². The largest absolute Gasteiger partial charge is 0.411 e. The normalized spacial score (nSPS) is 14.2. The molecule has 0 atom stereocenters. The van der Waals surface area contributed by atoms with Crippen LogP contribution in [-0.2, 0) is 9.47 Å². The monoisotopic (exact) mass is 374 g/mol. The van der Waals surface area contributed by atoms with E-state index in [1.54, 1.807) is 6.08 Å². The SMILES string of the molecule is CC(C)=CCC/C(C)=C\C=C/C(C)(OCC(F)(F)F)OCC(F)(F)F. The first-order valence-corrected chi connectivity index (χ1v) is 7.62. The smallest absolute Gasteiger partial charge is 0.337 e. The van der Waals surface area contributed by atoms with Gasteiger partial charge in [-0.3, -0.25) is 0 Å². The average Bonchev–Trinajstić information content (AvgIpc) is 2.41. The van der Waals surface area contributed by atoms with E-state index in [2.05, 4.69) is 9.47 Å². The predicted molar refractivity (Wildman–Crippen MR) is 84.0 cm³/mol. The molecule has 0 bridgehead atoms. The van der Waals surface area contributed by atoms with Crippen molar-refractivity contribution in [2.75, 3.05) is 13.2 Å². The van der Waals surface area contributed by atoms with Gasteiger partial charge in [0, 0.05) is 0 Å². The van der Waals surface area contributed by atoms with Crippen molar-refractivity contribution < 1.29 is 35.8 Å². The molecule has 0 aromatic carbocycles. The highest BCUT2D eigenvalue weighted by Crippen LogP contribution is 2.25. The summed E-state index contributed by atoms with van der Waals surface area (Å²) in [7, 11) is 0. The number of hydrogen-bond acceptors (Lipinski definition) is 2. The Bertz CT molecular complexity index is 464. The molecule has 0 amide bonds. The molecule has 0 heterocycles. The topological polar surface area (TPSA) is 18.5 Å². The number of hydrogen-bond donors (Lipinski definition) is 0. The zero-order chi connectivity index (χ0) is 19.7. The third-order valence-electron chi connectivity index (χ3n) is 2.92. The molecule has 0 aromatic heterocycles. The van der Waals surface area contributed by atoms with Crippen LogP contribution in [0, 0.1) is 0 Å². The Labute approximate surface area is 144 Å². The Morgan fingerprint density at radius 3 is 1.76 bits per heavy atom. The van der Waals surface area contributed by atoms with Crippen LogP contribution in [0.2, 0.25) is 0 Å². The molecule has 0 spiro atoms. The van der Waals surface area contributed by atoms with Gasteiger partial charge in [-0.15, -0.1) is 0 Å². The Hall–Kier alpha value is -1.28. The van der Waals surface area contributed by atoms with Crippen molar-refractivity contribution in [3.63, 3.8) is 0 Å². The summed E-state index contributed by atoms with van der Waals surface area (Å²) < 4.78 is 82.6. The lowest BCUT2D eigenvalue weighted by atomic mass is 10.1. The van der Waals surface area contributed by atoms with E-state index in [0.29, 0.717) is 0 Å². The van der Waals surface area contributed by atoms with Gasteiger partial charge in [0.2, 0.25) is 0 Å². The highest BCUT2D eigenvalue weighted by molar-refractivity contribution is 5.13. The lowest BCUT2D eigenvalue weighted by molar-refractivity contribution is -0.284. The molecule has 0 unspecified atom stereocenters. The van der Waals surface area contributed by atoms with Gasteiger partial charge in [0.05, 0.1) is 0 Å². The predicted octanol–water partition coefficient (Wildman–Crippen LogP) is 6.11. The summed E-state index contributed by atoms with van der Waals surface area (Å²) in [6, 6.07) is 0. The third-order valence-corrected chi connectivity index (χ3v) is 2.92. The number of rotatable bonds is 9. The van der Waals surface area contributed by atoms with Crippen LogP contribution in [0.15, 0.2) is 35.5 Å². The first kappa shape index (κ1) is 23.7. The Balaban J connectivity index is 4.92. The second kappa shape index (κ2) is 10.0. The van der Waals surface area contributed by atoms with Crippen LogP contribution in [0.1, 0.15) is 40.5 Å². The Morgan fingerprint density at radius 2 is 1.36 bits per heavy atom. The van der Waals surface area contributed by atoms with E-state index >= 15 is 0 Å². The molecule has 0 aliphatic heterocycles. The van der Waals surface area contributed by atoms with Gasteiger partial charge in [-0.1, -0.05) is 29.4 Å². The summed E-state index contributed by atoms with van der Waals surface area (Å²) in [5.74, 6) is -2.14. The maximum absolute atomic E-state index is 12.3. The number of ether oxygens (including phenoxy) is 2. The maximum Gasteiger partial charge on any atom is 0.411 e. The van der Waals surface area contributed by atoms with E-state index in [9.17, 15) is 26.3 Å². The fraction of sp³-hybridized carbons (Fsp3) is 0.647. The van der Waals surface area contributed by atoms with Crippen LogP contribution in [0.3, 0.4) is 0 Å². The zero-order valence-electron chi connectivity index (χ0n) is 14.7. The molecule has 2 nitrogen and oxygen atoms in total. The summed E-state index contributed by atoms with van der Waals surface area (Å²) in [6.07, 6.45) is -1.82. The molecule has 0 aliphatic rings. The van der Waals surface area contributed by atoms with Crippen LogP contribution >= 0.6 is 0 Å². The average molecular weight is 374 g/mol. The van der Waals surface area contributed by atoms with E-state index in [-0.39, 0.29) is 0 Å². The van der Waals surface area contributed by atoms with Crippen LogP contribution in [0.5, 0.6) is 0 Å². The van der Waals surface area contributed by atoms with Crippen molar-refractivity contribution >= 4 is 0 Å². The van der Waals surface area contributed by atoms with Crippen LogP contribution in [-0.4, -0.2) is 31.4 Å². The quantitative estimate of drug-likeness (QED) is 0.210. The molecule has 0 saturated carbocycles. The number of alkyl halides is 6. The van der Waals surface area contributed by atoms with E-state index < -0.39 is 31.4 Å². The van der Waals surface area contributed by atoms with Crippen molar-refractivity contribution in [1.29, 1.82) is 0 Å². The Morgan fingerprint density at radius 1 is 0.880 bits per heavy atom. The van der Waals surface area contributed by atoms with Crippen molar-refractivity contribution in [2.24, 2.45) is 0 Å². The van der Waals surface area contributed by atoms with Crippen molar-refractivity contribution in [2.45, 2.75) is 58.7 Å². The van der Waals surface area contributed by atoms with Crippen molar-refractivity contribution in [3.05, 3.63) is 35.5 Å². The van der Waals surface area contributed by atoms with Crippen LogP contribution in [0.25, 0.3) is 0 Å². The van der Waals surface area contributed by atoms with E-state index in [1.807, 2.05) is 26.8 Å². The summed E-state index contributed by atoms with van der Waals surface area (Å²) >= 11 is 0. The highest BCUT2D eigenvalue weighted by Gasteiger charge is 2.37. The standard InChI is InChI=1S/C17H24F6O2/c1-13(2)7-5-8-14(3)9-6-10-15(4,24-11-16(18,19)20)25-12-17(21,22)23/h6-7,9-10H,5,8,11-12H2,1-4H3/b10-6-,14-9-. The van der Waals surface area contributed by atoms with Gasteiger partial charge < -0.3 is 9.47 Å². The molecular weight excluding hydrogens is 350 g/mol. The summed E-state index contributed by atoms with van der Waals surface area (Å²) in [5.41, 5.74) is 2.08. The molecule has 0 fully saturated rings. The highest BCUT2D eigenvalue weighted by atomic mass is 19.4. The first-order chi connectivity index (χ1) is 11.2. The maximum atomic E-state index is 12.3. The fourth-order valence-corrected chi connectivity index (χ4v) is 1.65. The van der Waals surface area contributed by atoms with E-state index in [1.165, 1.54) is 6.08 Å². The van der Waals surface area contributed by atoms with Gasteiger partial charge in [0.15, 0.2) is 5.79 Å². The summed E-state index contributed by atoms with van der Waals surface area (Å²) in [5, 5.41) is 0. The lowest BCUT2D eigenvalue weighted by Crippen LogP contribution is -2.37. The molecule has 0 saturated heterocycles. The molecule has 0 rings (SSSR count). The van der Waals surface area contributed by atoms with Gasteiger partial charge in [-0.05, 0) is 46.6 Å². The fourth-order valence-electron chi connectivity index (χ4n) is 1.65. The van der Waals surface area contributed by atoms with E-state index in [0.717, 1.165) is 37.0 Å². The molecule has 0 aromatic rings. The molecule has 8 heteroatoms. The Kier molecular flexibility index (Phi) is 9.50.